The van der Waals surface area contributed by atoms with Crippen LogP contribution < -0.4 is 10.1 Å². The first-order valence-corrected chi connectivity index (χ1v) is 6.84. The molecule has 0 saturated heterocycles. The van der Waals surface area contributed by atoms with Crippen molar-refractivity contribution >= 4 is 10.9 Å². The Bertz CT molecular complexity index is 594. The molecule has 0 atom stereocenters. The Balaban J connectivity index is 1.98. The van der Waals surface area contributed by atoms with Gasteiger partial charge in [0.25, 0.3) is 0 Å². The third-order valence-electron chi connectivity index (χ3n) is 2.91. The molecule has 0 aliphatic carbocycles. The van der Waals surface area contributed by atoms with Gasteiger partial charge >= 0.3 is 0 Å². The summed E-state index contributed by atoms with van der Waals surface area (Å²) in [4.78, 5) is 4.32. The minimum absolute atomic E-state index is 0.0896. The van der Waals surface area contributed by atoms with Crippen molar-refractivity contribution in [2.75, 3.05) is 13.2 Å². The molecule has 0 fully saturated rings. The van der Waals surface area contributed by atoms with E-state index in [1.807, 2.05) is 30.3 Å². The fraction of sp³-hybridized carbons (Fsp3) is 0.353. The maximum atomic E-state index is 5.87. The molecular weight excluding hydrogens is 248 g/mol. The van der Waals surface area contributed by atoms with Crippen LogP contribution in [0.15, 0.2) is 48.7 Å². The van der Waals surface area contributed by atoms with Crippen molar-refractivity contribution in [3.05, 3.63) is 48.7 Å². The number of nitrogens with one attached hydrogen (secondary N) is 1. The maximum Gasteiger partial charge on any atom is 0.129 e. The van der Waals surface area contributed by atoms with Gasteiger partial charge in [-0.3, -0.25) is 4.98 Å². The Kier molecular flexibility index (Phi) is 4.40. The van der Waals surface area contributed by atoms with Crippen molar-refractivity contribution in [2.24, 2.45) is 0 Å². The molecule has 20 heavy (non-hydrogen) atoms. The highest BCUT2D eigenvalue weighted by atomic mass is 16.5. The van der Waals surface area contributed by atoms with Gasteiger partial charge in [0, 0.05) is 23.7 Å². The normalized spacial score (nSPS) is 11.6. The van der Waals surface area contributed by atoms with E-state index >= 15 is 0 Å². The Labute approximate surface area is 120 Å². The molecule has 2 aromatic rings. The summed E-state index contributed by atoms with van der Waals surface area (Å²) < 4.78 is 5.87. The fourth-order valence-corrected chi connectivity index (χ4v) is 1.82. The monoisotopic (exact) mass is 270 g/mol. The van der Waals surface area contributed by atoms with E-state index in [4.69, 9.17) is 4.74 Å². The molecule has 0 aliphatic rings. The van der Waals surface area contributed by atoms with Crippen LogP contribution in [0.1, 0.15) is 20.8 Å². The standard InChI is InChI=1S/C17H22N2O/c1-13(11-19-17(2,3)4)12-20-16-9-5-8-15-14(16)7-6-10-18-15/h5-10,19H,1,11-12H2,2-4H3. The minimum atomic E-state index is 0.0896. The van der Waals surface area contributed by atoms with Gasteiger partial charge in [0.05, 0.1) is 5.52 Å². The average Bonchev–Trinajstić information content (AvgIpc) is 2.42. The van der Waals surface area contributed by atoms with Crippen LogP contribution in [-0.2, 0) is 0 Å². The Hall–Kier alpha value is -1.87. The molecule has 0 bridgehead atoms. The summed E-state index contributed by atoms with van der Waals surface area (Å²) in [6, 6.07) is 9.85. The third kappa shape index (κ3) is 4.07. The molecule has 106 valence electrons. The van der Waals surface area contributed by atoms with Gasteiger partial charge in [-0.15, -0.1) is 0 Å². The Morgan fingerprint density at radius 1 is 1.25 bits per heavy atom. The second kappa shape index (κ2) is 6.06. The molecule has 0 unspecified atom stereocenters. The van der Waals surface area contributed by atoms with Crippen molar-refractivity contribution in [3.63, 3.8) is 0 Å². The number of ether oxygens (including phenoxy) is 1. The van der Waals surface area contributed by atoms with Crippen molar-refractivity contribution < 1.29 is 4.74 Å². The summed E-state index contributed by atoms with van der Waals surface area (Å²) in [5.41, 5.74) is 2.07. The van der Waals surface area contributed by atoms with E-state index in [2.05, 4.69) is 37.7 Å². The van der Waals surface area contributed by atoms with Gasteiger partial charge in [-0.2, -0.15) is 0 Å². The zero-order valence-electron chi connectivity index (χ0n) is 12.4. The molecule has 0 spiro atoms. The van der Waals surface area contributed by atoms with Crippen LogP contribution in [-0.4, -0.2) is 23.7 Å². The van der Waals surface area contributed by atoms with E-state index in [1.165, 1.54) is 0 Å². The van der Waals surface area contributed by atoms with Gasteiger partial charge in [-0.25, -0.2) is 0 Å². The summed E-state index contributed by atoms with van der Waals surface area (Å²) in [7, 11) is 0. The van der Waals surface area contributed by atoms with E-state index < -0.39 is 0 Å². The van der Waals surface area contributed by atoms with Crippen molar-refractivity contribution in [3.8, 4) is 5.75 Å². The summed E-state index contributed by atoms with van der Waals surface area (Å²) in [6.45, 7) is 11.7. The first kappa shape index (κ1) is 14.5. The number of hydrogen-bond donors (Lipinski definition) is 1. The number of fused-ring (bicyclic) bond motifs is 1. The maximum absolute atomic E-state index is 5.87. The molecule has 0 saturated carbocycles. The van der Waals surface area contributed by atoms with E-state index in [1.54, 1.807) is 6.20 Å². The highest BCUT2D eigenvalue weighted by Crippen LogP contribution is 2.23. The summed E-state index contributed by atoms with van der Waals surface area (Å²) >= 11 is 0. The van der Waals surface area contributed by atoms with E-state index in [9.17, 15) is 0 Å². The predicted octanol–water partition coefficient (Wildman–Crippen LogP) is 3.56. The van der Waals surface area contributed by atoms with Crippen LogP contribution >= 0.6 is 0 Å². The molecular formula is C17H22N2O. The molecule has 1 N–H and O–H groups in total. The van der Waals surface area contributed by atoms with Gasteiger partial charge in [0.2, 0.25) is 0 Å². The molecule has 3 heteroatoms. The van der Waals surface area contributed by atoms with Crippen molar-refractivity contribution in [2.45, 2.75) is 26.3 Å². The average molecular weight is 270 g/mol. The zero-order chi connectivity index (χ0) is 14.6. The Morgan fingerprint density at radius 3 is 2.80 bits per heavy atom. The Morgan fingerprint density at radius 2 is 2.05 bits per heavy atom. The lowest BCUT2D eigenvalue weighted by molar-refractivity contribution is 0.345. The molecule has 1 aromatic heterocycles. The second-order valence-corrected chi connectivity index (χ2v) is 5.97. The van der Waals surface area contributed by atoms with E-state index in [0.29, 0.717) is 6.61 Å². The fourth-order valence-electron chi connectivity index (χ4n) is 1.82. The van der Waals surface area contributed by atoms with Crippen LogP contribution in [0.5, 0.6) is 5.75 Å². The number of hydrogen-bond acceptors (Lipinski definition) is 3. The largest absolute Gasteiger partial charge is 0.489 e. The number of nitrogens with zero attached hydrogens (tertiary/aromatic N) is 1. The quantitative estimate of drug-likeness (QED) is 0.844. The number of pyridine rings is 1. The summed E-state index contributed by atoms with van der Waals surface area (Å²) in [5.74, 6) is 0.854. The lowest BCUT2D eigenvalue weighted by Crippen LogP contribution is -2.37. The lowest BCUT2D eigenvalue weighted by atomic mass is 10.1. The van der Waals surface area contributed by atoms with Crippen LogP contribution in [0.25, 0.3) is 10.9 Å². The first-order chi connectivity index (χ1) is 9.46. The summed E-state index contributed by atoms with van der Waals surface area (Å²) in [6.07, 6.45) is 1.79. The molecule has 2 rings (SSSR count). The molecule has 1 heterocycles. The van der Waals surface area contributed by atoms with E-state index in [0.717, 1.165) is 28.8 Å². The number of aromatic nitrogens is 1. The lowest BCUT2D eigenvalue weighted by Gasteiger charge is -2.21. The highest BCUT2D eigenvalue weighted by Gasteiger charge is 2.09. The second-order valence-electron chi connectivity index (χ2n) is 5.97. The smallest absolute Gasteiger partial charge is 0.129 e. The first-order valence-electron chi connectivity index (χ1n) is 6.84. The van der Waals surface area contributed by atoms with E-state index in [-0.39, 0.29) is 5.54 Å². The molecule has 3 nitrogen and oxygen atoms in total. The van der Waals surface area contributed by atoms with Gasteiger partial charge in [-0.1, -0.05) is 12.6 Å². The van der Waals surface area contributed by atoms with Crippen LogP contribution in [0.4, 0.5) is 0 Å². The van der Waals surface area contributed by atoms with Gasteiger partial charge < -0.3 is 10.1 Å². The van der Waals surface area contributed by atoms with Crippen molar-refractivity contribution in [1.82, 2.24) is 10.3 Å². The van der Waals surface area contributed by atoms with Gasteiger partial charge in [-0.05, 0) is 50.6 Å². The minimum Gasteiger partial charge on any atom is -0.489 e. The van der Waals surface area contributed by atoms with Crippen molar-refractivity contribution in [1.29, 1.82) is 0 Å². The molecule has 1 aromatic carbocycles. The topological polar surface area (TPSA) is 34.1 Å². The highest BCUT2D eigenvalue weighted by molar-refractivity contribution is 5.84. The van der Waals surface area contributed by atoms with Gasteiger partial charge in [0.1, 0.15) is 12.4 Å². The predicted molar refractivity (Wildman–Crippen MR) is 84.1 cm³/mol. The number of rotatable bonds is 5. The van der Waals surface area contributed by atoms with Crippen LogP contribution in [0.3, 0.4) is 0 Å². The van der Waals surface area contributed by atoms with Crippen LogP contribution in [0.2, 0.25) is 0 Å². The number of benzene rings is 1. The molecule has 0 amide bonds. The molecule has 0 aliphatic heterocycles. The summed E-state index contributed by atoms with van der Waals surface area (Å²) in [5, 5.41) is 4.44. The molecule has 0 radical (unpaired) electrons. The van der Waals surface area contributed by atoms with Gasteiger partial charge in [0.15, 0.2) is 0 Å². The SMILES string of the molecule is C=C(CNC(C)(C)C)COc1cccc2ncccc12. The zero-order valence-corrected chi connectivity index (χ0v) is 12.4. The van der Waals surface area contributed by atoms with Crippen LogP contribution in [0, 0.1) is 0 Å². The third-order valence-corrected chi connectivity index (χ3v) is 2.91.